The van der Waals surface area contributed by atoms with Crippen LogP contribution in [0.4, 0.5) is 0 Å². The number of ketones is 1. The van der Waals surface area contributed by atoms with Crippen LogP contribution >= 0.6 is 0 Å². The molecule has 5 rings (SSSR count). The molecule has 0 saturated heterocycles. The molecule has 5 aromatic rings. The minimum Gasteiger partial charge on any atom is -0.457 e. The van der Waals surface area contributed by atoms with Crippen molar-refractivity contribution >= 4 is 11.4 Å². The quantitative estimate of drug-likeness (QED) is 0.328. The van der Waals surface area contributed by atoms with E-state index in [-0.39, 0.29) is 5.78 Å². The third-order valence-electron chi connectivity index (χ3n) is 5.41. The van der Waals surface area contributed by atoms with Crippen LogP contribution in [0.25, 0.3) is 28.2 Å². The molecule has 0 fully saturated rings. The monoisotopic (exact) mass is 444 g/mol. The van der Waals surface area contributed by atoms with E-state index >= 15 is 0 Å². The molecule has 0 aliphatic carbocycles. The van der Waals surface area contributed by atoms with E-state index in [1.54, 1.807) is 17.6 Å². The number of carbonyl (C=O) groups excluding carboxylic acids is 1. The molecule has 3 aromatic carbocycles. The highest BCUT2D eigenvalue weighted by Crippen LogP contribution is 2.30. The van der Waals surface area contributed by atoms with Gasteiger partial charge < -0.3 is 4.74 Å². The fourth-order valence-corrected chi connectivity index (χ4v) is 3.90. The van der Waals surface area contributed by atoms with E-state index in [1.165, 1.54) is 0 Å². The highest BCUT2D eigenvalue weighted by Gasteiger charge is 2.18. The summed E-state index contributed by atoms with van der Waals surface area (Å²) >= 11 is 0. The van der Waals surface area contributed by atoms with Gasteiger partial charge in [0.1, 0.15) is 34.6 Å². The molecule has 0 aliphatic rings. The lowest BCUT2D eigenvalue weighted by atomic mass is 10.0. The first-order valence-electron chi connectivity index (χ1n) is 10.8. The minimum absolute atomic E-state index is 0.102. The van der Waals surface area contributed by atoms with Gasteiger partial charge in [0, 0.05) is 23.7 Å². The fraction of sp³-hybridized carbons (Fsp3) is 0.0714. The van der Waals surface area contributed by atoms with Gasteiger partial charge in [-0.25, -0.2) is 9.50 Å². The number of benzene rings is 3. The molecule has 2 heterocycles. The van der Waals surface area contributed by atoms with Gasteiger partial charge in [0.2, 0.25) is 0 Å². The van der Waals surface area contributed by atoms with Crippen LogP contribution in [0, 0.1) is 11.3 Å². The highest BCUT2D eigenvalue weighted by molar-refractivity contribution is 5.79. The smallest absolute Gasteiger partial charge is 0.174 e. The fourth-order valence-electron chi connectivity index (χ4n) is 3.90. The van der Waals surface area contributed by atoms with Crippen LogP contribution in [-0.2, 0) is 11.2 Å². The molecule has 6 nitrogen and oxygen atoms in total. The van der Waals surface area contributed by atoms with Gasteiger partial charge in [-0.3, -0.25) is 4.79 Å². The molecule has 0 amide bonds. The number of nitrogens with zero attached hydrogens (tertiary/aromatic N) is 4. The van der Waals surface area contributed by atoms with E-state index in [1.807, 2.05) is 84.9 Å². The number of hydrogen-bond acceptors (Lipinski definition) is 5. The number of fused-ring (bicyclic) bond motifs is 1. The zero-order valence-electron chi connectivity index (χ0n) is 18.5. The second-order valence-electron chi connectivity index (χ2n) is 7.92. The Morgan fingerprint density at radius 2 is 1.71 bits per heavy atom. The maximum Gasteiger partial charge on any atom is 0.174 e. The zero-order valence-corrected chi connectivity index (χ0v) is 18.5. The lowest BCUT2D eigenvalue weighted by Crippen LogP contribution is -1.99. The van der Waals surface area contributed by atoms with Gasteiger partial charge in [0.05, 0.1) is 5.69 Å². The molecule has 34 heavy (non-hydrogen) atoms. The van der Waals surface area contributed by atoms with Crippen molar-refractivity contribution in [2.45, 2.75) is 13.3 Å². The molecule has 0 bridgehead atoms. The second-order valence-corrected chi connectivity index (χ2v) is 7.92. The Balaban J connectivity index is 1.55. The normalized spacial score (nSPS) is 10.7. The Morgan fingerprint density at radius 1 is 0.941 bits per heavy atom. The Morgan fingerprint density at radius 3 is 2.44 bits per heavy atom. The highest BCUT2D eigenvalue weighted by atomic mass is 16.5. The van der Waals surface area contributed by atoms with E-state index in [0.29, 0.717) is 29.1 Å². The average molecular weight is 444 g/mol. The number of aromatic nitrogens is 3. The van der Waals surface area contributed by atoms with Crippen molar-refractivity contribution in [2.75, 3.05) is 0 Å². The summed E-state index contributed by atoms with van der Waals surface area (Å²) < 4.78 is 7.56. The van der Waals surface area contributed by atoms with Crippen molar-refractivity contribution in [2.24, 2.45) is 0 Å². The van der Waals surface area contributed by atoms with E-state index < -0.39 is 0 Å². The molecule has 0 atom stereocenters. The van der Waals surface area contributed by atoms with Gasteiger partial charge in [-0.15, -0.1) is 0 Å². The topological polar surface area (TPSA) is 80.3 Å². The van der Waals surface area contributed by atoms with Crippen LogP contribution in [0.5, 0.6) is 11.5 Å². The maximum atomic E-state index is 11.6. The van der Waals surface area contributed by atoms with Crippen LogP contribution in [0.15, 0.2) is 91.1 Å². The van der Waals surface area contributed by atoms with E-state index in [9.17, 15) is 10.1 Å². The number of para-hydroxylation sites is 1. The minimum atomic E-state index is 0.102. The molecule has 2 aromatic heterocycles. The van der Waals surface area contributed by atoms with Crippen molar-refractivity contribution in [3.63, 3.8) is 0 Å². The summed E-state index contributed by atoms with van der Waals surface area (Å²) in [5.74, 6) is 1.55. The van der Waals surface area contributed by atoms with Crippen molar-refractivity contribution in [3.8, 4) is 40.1 Å². The summed E-state index contributed by atoms with van der Waals surface area (Å²) in [5.41, 5.74) is 4.85. The first-order chi connectivity index (χ1) is 16.6. The average Bonchev–Trinajstić information content (AvgIpc) is 3.24. The van der Waals surface area contributed by atoms with Crippen LogP contribution < -0.4 is 4.74 Å². The Hall–Kier alpha value is -4.76. The van der Waals surface area contributed by atoms with Crippen molar-refractivity contribution in [3.05, 3.63) is 102 Å². The molecule has 0 saturated carbocycles. The van der Waals surface area contributed by atoms with Crippen molar-refractivity contribution in [1.82, 2.24) is 14.6 Å². The summed E-state index contributed by atoms with van der Waals surface area (Å²) in [6.45, 7) is 1.58. The molecule has 0 aliphatic heterocycles. The largest absolute Gasteiger partial charge is 0.457 e. The number of carbonyl (C=O) groups is 1. The molecular formula is C28H20N4O2. The Labute approximate surface area is 196 Å². The third kappa shape index (κ3) is 4.15. The van der Waals surface area contributed by atoms with Gasteiger partial charge in [-0.1, -0.05) is 36.4 Å². The van der Waals surface area contributed by atoms with Crippen molar-refractivity contribution < 1.29 is 9.53 Å². The van der Waals surface area contributed by atoms with Crippen molar-refractivity contribution in [1.29, 1.82) is 5.26 Å². The molecule has 0 radical (unpaired) electrons. The van der Waals surface area contributed by atoms with Gasteiger partial charge in [-0.2, -0.15) is 10.4 Å². The zero-order chi connectivity index (χ0) is 23.5. The van der Waals surface area contributed by atoms with Crippen LogP contribution in [0.2, 0.25) is 0 Å². The summed E-state index contributed by atoms with van der Waals surface area (Å²) in [6, 6.07) is 28.9. The summed E-state index contributed by atoms with van der Waals surface area (Å²) in [4.78, 5) is 16.0. The van der Waals surface area contributed by atoms with Crippen LogP contribution in [0.1, 0.15) is 18.1 Å². The van der Waals surface area contributed by atoms with Gasteiger partial charge in [0.15, 0.2) is 5.65 Å². The second kappa shape index (κ2) is 9.00. The van der Waals surface area contributed by atoms with Crippen LogP contribution in [0.3, 0.4) is 0 Å². The van der Waals surface area contributed by atoms with Crippen LogP contribution in [-0.4, -0.2) is 20.4 Å². The standard InChI is InChI=1S/C28H20N4O2/c1-19(33)16-20-6-5-7-22(17-20)26-14-15-30-28-25(18-29)27(31-32(26)28)21-10-12-24(13-11-21)34-23-8-3-2-4-9-23/h2-15,17H,16H2,1H3. The van der Waals surface area contributed by atoms with E-state index in [4.69, 9.17) is 9.84 Å². The number of ether oxygens (including phenoxy) is 1. The molecule has 0 spiro atoms. The van der Waals surface area contributed by atoms with E-state index in [2.05, 4.69) is 11.1 Å². The van der Waals surface area contributed by atoms with Gasteiger partial charge in [0.25, 0.3) is 0 Å². The summed E-state index contributed by atoms with van der Waals surface area (Å²) in [6.07, 6.45) is 2.04. The predicted molar refractivity (Wildman–Crippen MR) is 129 cm³/mol. The maximum absolute atomic E-state index is 11.6. The summed E-state index contributed by atoms with van der Waals surface area (Å²) in [7, 11) is 0. The predicted octanol–water partition coefficient (Wildman–Crippen LogP) is 5.86. The molecular weight excluding hydrogens is 424 g/mol. The Kier molecular flexibility index (Phi) is 5.59. The molecule has 164 valence electrons. The first-order valence-corrected chi connectivity index (χ1v) is 10.8. The van der Waals surface area contributed by atoms with Gasteiger partial charge >= 0.3 is 0 Å². The molecule has 0 unspecified atom stereocenters. The SMILES string of the molecule is CC(=O)Cc1cccc(-c2ccnc3c(C#N)c(-c4ccc(Oc5ccccc5)cc4)nn23)c1. The number of nitriles is 1. The lowest BCUT2D eigenvalue weighted by molar-refractivity contribution is -0.116. The number of rotatable bonds is 6. The molecule has 6 heteroatoms. The molecule has 0 N–H and O–H groups in total. The summed E-state index contributed by atoms with van der Waals surface area (Å²) in [5, 5.41) is 14.7. The number of hydrogen-bond donors (Lipinski definition) is 0. The lowest BCUT2D eigenvalue weighted by Gasteiger charge is -2.07. The third-order valence-corrected chi connectivity index (χ3v) is 5.41. The van der Waals surface area contributed by atoms with Gasteiger partial charge in [-0.05, 0) is 61.0 Å². The Bertz CT molecular complexity index is 1530. The first kappa shape index (κ1) is 21.1. The number of Topliss-reactive ketones (excluding diaryl/α,β-unsaturated/α-hetero) is 1. The van der Waals surface area contributed by atoms with E-state index in [0.717, 1.165) is 28.1 Å².